The van der Waals surface area contributed by atoms with Crippen LogP contribution >= 0.6 is 0 Å². The minimum atomic E-state index is -0.631. The van der Waals surface area contributed by atoms with Crippen LogP contribution in [0.1, 0.15) is 78.1 Å². The van der Waals surface area contributed by atoms with Gasteiger partial charge in [0.05, 0.1) is 18.0 Å². The summed E-state index contributed by atoms with van der Waals surface area (Å²) in [5.41, 5.74) is 2.05. The lowest BCUT2D eigenvalue weighted by Crippen LogP contribution is -2.60. The summed E-state index contributed by atoms with van der Waals surface area (Å²) in [5.74, 6) is 1.03. The van der Waals surface area contributed by atoms with E-state index in [1.807, 2.05) is 0 Å². The molecule has 0 aromatic heterocycles. The molecule has 1 aliphatic heterocycles. The Kier molecular flexibility index (Phi) is 4.17. The number of cyclic esters (lactones) is 1. The van der Waals surface area contributed by atoms with E-state index in [-0.39, 0.29) is 22.9 Å². The number of carbonyl (C=O) groups excluding carboxylic acids is 1. The van der Waals surface area contributed by atoms with Crippen molar-refractivity contribution in [1.82, 2.24) is 0 Å². The van der Waals surface area contributed by atoms with Gasteiger partial charge in [-0.15, -0.1) is 0 Å². The molecule has 7 atom stereocenters. The van der Waals surface area contributed by atoms with Crippen molar-refractivity contribution >= 4 is 5.97 Å². The van der Waals surface area contributed by atoms with Crippen LogP contribution in [0.15, 0.2) is 23.5 Å². The molecular formula is C24H34O4. The van der Waals surface area contributed by atoms with Crippen molar-refractivity contribution < 1.29 is 19.7 Å². The SMILES string of the molecule is C[C@]12CC[C@H](O)C=C1CCC1C2CC[C@]2(C)[C@@H](C3=COC(=O)CC3)CC[C@]12O. The Balaban J connectivity index is 1.47. The average molecular weight is 387 g/mol. The predicted octanol–water partition coefficient (Wildman–Crippen LogP) is 4.26. The Morgan fingerprint density at radius 3 is 2.57 bits per heavy atom. The van der Waals surface area contributed by atoms with Gasteiger partial charge in [0.15, 0.2) is 0 Å². The fourth-order valence-corrected chi connectivity index (χ4v) is 8.04. The van der Waals surface area contributed by atoms with Crippen molar-refractivity contribution in [2.45, 2.75) is 89.8 Å². The highest BCUT2D eigenvalue weighted by molar-refractivity contribution is 5.71. The summed E-state index contributed by atoms with van der Waals surface area (Å²) in [6.45, 7) is 4.69. The van der Waals surface area contributed by atoms with Gasteiger partial charge in [-0.05, 0) is 86.5 Å². The maximum atomic E-state index is 12.2. The maximum Gasteiger partial charge on any atom is 0.310 e. The highest BCUT2D eigenvalue weighted by atomic mass is 16.5. The molecule has 0 aromatic rings. The summed E-state index contributed by atoms with van der Waals surface area (Å²) in [6, 6.07) is 0. The second-order valence-corrected chi connectivity index (χ2v) is 10.6. The summed E-state index contributed by atoms with van der Waals surface area (Å²) in [4.78, 5) is 11.5. The molecule has 0 spiro atoms. The monoisotopic (exact) mass is 386 g/mol. The molecule has 0 aromatic carbocycles. The molecule has 0 bridgehead atoms. The summed E-state index contributed by atoms with van der Waals surface area (Å²) in [5, 5.41) is 22.3. The number of esters is 1. The van der Waals surface area contributed by atoms with Gasteiger partial charge in [0.2, 0.25) is 0 Å². The molecule has 5 aliphatic rings. The van der Waals surface area contributed by atoms with Gasteiger partial charge in [-0.1, -0.05) is 25.5 Å². The first kappa shape index (κ1) is 18.9. The number of allylic oxidation sites excluding steroid dienone is 2. The summed E-state index contributed by atoms with van der Waals surface area (Å²) >= 11 is 0. The lowest BCUT2D eigenvalue weighted by atomic mass is 9.45. The predicted molar refractivity (Wildman–Crippen MR) is 106 cm³/mol. The number of fused-ring (bicyclic) bond motifs is 5. The van der Waals surface area contributed by atoms with Crippen LogP contribution in [0.25, 0.3) is 0 Å². The fourth-order valence-electron chi connectivity index (χ4n) is 8.04. The highest BCUT2D eigenvalue weighted by Gasteiger charge is 2.66. The number of hydrogen-bond acceptors (Lipinski definition) is 4. The number of carbonyl (C=O) groups is 1. The van der Waals surface area contributed by atoms with Crippen molar-refractivity contribution in [3.63, 3.8) is 0 Å². The second kappa shape index (κ2) is 6.18. The number of rotatable bonds is 1. The molecule has 3 fully saturated rings. The molecule has 4 aliphatic carbocycles. The first-order valence-corrected chi connectivity index (χ1v) is 11.3. The van der Waals surface area contributed by atoms with Crippen LogP contribution < -0.4 is 0 Å². The molecule has 28 heavy (non-hydrogen) atoms. The molecule has 3 saturated carbocycles. The van der Waals surface area contributed by atoms with E-state index in [0.29, 0.717) is 24.2 Å². The molecule has 2 N–H and O–H groups in total. The average Bonchev–Trinajstić information content (AvgIpc) is 2.95. The lowest BCUT2D eigenvalue weighted by Gasteiger charge is -2.62. The van der Waals surface area contributed by atoms with Crippen molar-refractivity contribution in [3.8, 4) is 0 Å². The van der Waals surface area contributed by atoms with Gasteiger partial charge >= 0.3 is 5.97 Å². The zero-order chi connectivity index (χ0) is 19.7. The van der Waals surface area contributed by atoms with Crippen LogP contribution in [-0.2, 0) is 9.53 Å². The molecule has 2 unspecified atom stereocenters. The van der Waals surface area contributed by atoms with Gasteiger partial charge in [0.25, 0.3) is 0 Å². The van der Waals surface area contributed by atoms with Gasteiger partial charge in [-0.2, -0.15) is 0 Å². The van der Waals surface area contributed by atoms with Crippen molar-refractivity contribution in [2.75, 3.05) is 0 Å². The molecular weight excluding hydrogens is 352 g/mol. The number of ether oxygens (including phenoxy) is 1. The smallest absolute Gasteiger partial charge is 0.310 e. The quantitative estimate of drug-likeness (QED) is 0.522. The third-order valence-electron chi connectivity index (χ3n) is 9.68. The Labute approximate surface area is 168 Å². The van der Waals surface area contributed by atoms with Gasteiger partial charge in [-0.25, -0.2) is 0 Å². The van der Waals surface area contributed by atoms with Crippen LogP contribution in [-0.4, -0.2) is 27.9 Å². The highest BCUT2D eigenvalue weighted by Crippen LogP contribution is 2.69. The van der Waals surface area contributed by atoms with Crippen molar-refractivity contribution in [1.29, 1.82) is 0 Å². The van der Waals surface area contributed by atoms with E-state index < -0.39 is 5.60 Å². The second-order valence-electron chi connectivity index (χ2n) is 10.6. The topological polar surface area (TPSA) is 66.8 Å². The lowest BCUT2D eigenvalue weighted by molar-refractivity contribution is -0.182. The first-order chi connectivity index (χ1) is 13.3. The molecule has 4 nitrogen and oxygen atoms in total. The Hall–Kier alpha value is -1.13. The standard InChI is InChI=1S/C24H34O4/c1-22-10-7-17(25)13-16(22)4-5-20-19(22)8-11-23(2)18(9-12-24(20,23)27)15-3-6-21(26)28-14-15/h13-14,17-20,25,27H,3-12H2,1-2H3/t17-,18+,19?,20?,22-,23+,24-/m0/s1. The number of hydrogen-bond donors (Lipinski definition) is 2. The van der Waals surface area contributed by atoms with Gasteiger partial charge in [-0.3, -0.25) is 4.79 Å². The summed E-state index contributed by atoms with van der Waals surface area (Å²) < 4.78 is 5.25. The van der Waals surface area contributed by atoms with Crippen LogP contribution in [0, 0.1) is 28.6 Å². The minimum Gasteiger partial charge on any atom is -0.435 e. The number of aliphatic hydroxyl groups excluding tert-OH is 1. The van der Waals surface area contributed by atoms with Gasteiger partial charge in [0.1, 0.15) is 0 Å². The largest absolute Gasteiger partial charge is 0.435 e. The molecule has 5 rings (SSSR count). The van der Waals surface area contributed by atoms with E-state index in [0.717, 1.165) is 57.8 Å². The summed E-state index contributed by atoms with van der Waals surface area (Å²) in [7, 11) is 0. The van der Waals surface area contributed by atoms with Gasteiger partial charge in [0, 0.05) is 11.8 Å². The molecule has 4 heteroatoms. The minimum absolute atomic E-state index is 0.129. The van der Waals surface area contributed by atoms with E-state index in [9.17, 15) is 15.0 Å². The van der Waals surface area contributed by atoms with Crippen LogP contribution in [0.2, 0.25) is 0 Å². The normalized spacial score (nSPS) is 50.6. The Morgan fingerprint density at radius 2 is 1.82 bits per heavy atom. The third-order valence-corrected chi connectivity index (χ3v) is 9.68. The fraction of sp³-hybridized carbons (Fsp3) is 0.792. The number of aliphatic hydroxyl groups is 2. The van der Waals surface area contributed by atoms with Crippen LogP contribution in [0.5, 0.6) is 0 Å². The van der Waals surface area contributed by atoms with Crippen LogP contribution in [0.3, 0.4) is 0 Å². The molecule has 154 valence electrons. The molecule has 0 saturated heterocycles. The Bertz CT molecular complexity index is 754. The zero-order valence-electron chi connectivity index (χ0n) is 17.2. The zero-order valence-corrected chi connectivity index (χ0v) is 17.2. The van der Waals surface area contributed by atoms with E-state index in [1.165, 1.54) is 11.1 Å². The van der Waals surface area contributed by atoms with Crippen molar-refractivity contribution in [3.05, 3.63) is 23.5 Å². The molecule has 1 heterocycles. The van der Waals surface area contributed by atoms with Crippen LogP contribution in [0.4, 0.5) is 0 Å². The first-order valence-electron chi connectivity index (χ1n) is 11.3. The van der Waals surface area contributed by atoms with E-state index in [4.69, 9.17) is 4.74 Å². The maximum absolute atomic E-state index is 12.2. The van der Waals surface area contributed by atoms with E-state index >= 15 is 0 Å². The Morgan fingerprint density at radius 1 is 1.00 bits per heavy atom. The van der Waals surface area contributed by atoms with Crippen molar-refractivity contribution in [2.24, 2.45) is 28.6 Å². The van der Waals surface area contributed by atoms with Gasteiger partial charge < -0.3 is 14.9 Å². The third kappa shape index (κ3) is 2.40. The molecule has 0 radical (unpaired) electrons. The van der Waals surface area contributed by atoms with E-state index in [1.54, 1.807) is 6.26 Å². The van der Waals surface area contributed by atoms with E-state index in [2.05, 4.69) is 19.9 Å². The molecule has 0 amide bonds. The summed E-state index contributed by atoms with van der Waals surface area (Å²) in [6.07, 6.45) is 12.8.